The maximum atomic E-state index is 12.0. The van der Waals surface area contributed by atoms with Crippen molar-refractivity contribution in [2.45, 2.75) is 13.8 Å². The van der Waals surface area contributed by atoms with Crippen molar-refractivity contribution in [2.24, 2.45) is 0 Å². The van der Waals surface area contributed by atoms with Crippen molar-refractivity contribution in [1.82, 2.24) is 0 Å². The standard InChI is InChI=1S/C16H15ClO3/c1-3-19-15-10-11(2)4-9-14(15)20-16(18)12-5-7-13(17)8-6-12/h4-10H,3H2,1-2H3. The highest BCUT2D eigenvalue weighted by Gasteiger charge is 2.12. The third kappa shape index (κ3) is 3.52. The molecule has 0 N–H and O–H groups in total. The fraction of sp³-hybridized carbons (Fsp3) is 0.188. The van der Waals surface area contributed by atoms with E-state index in [1.165, 1.54) is 0 Å². The zero-order valence-electron chi connectivity index (χ0n) is 11.4. The monoisotopic (exact) mass is 290 g/mol. The normalized spacial score (nSPS) is 10.2. The molecule has 0 bridgehead atoms. The third-order valence-corrected chi connectivity index (χ3v) is 2.93. The molecule has 0 fully saturated rings. The number of hydrogen-bond donors (Lipinski definition) is 0. The van der Waals surface area contributed by atoms with Crippen LogP contribution in [-0.4, -0.2) is 12.6 Å². The molecule has 0 aliphatic rings. The second-order valence-electron chi connectivity index (χ2n) is 4.28. The molecule has 0 amide bonds. The number of carbonyl (C=O) groups is 1. The first kappa shape index (κ1) is 14.4. The Labute approximate surface area is 123 Å². The summed E-state index contributed by atoms with van der Waals surface area (Å²) >= 11 is 5.79. The topological polar surface area (TPSA) is 35.5 Å². The molecular weight excluding hydrogens is 276 g/mol. The smallest absolute Gasteiger partial charge is 0.343 e. The van der Waals surface area contributed by atoms with Crippen LogP contribution in [0.5, 0.6) is 11.5 Å². The molecule has 20 heavy (non-hydrogen) atoms. The zero-order valence-corrected chi connectivity index (χ0v) is 12.1. The highest BCUT2D eigenvalue weighted by atomic mass is 35.5. The number of hydrogen-bond acceptors (Lipinski definition) is 3. The van der Waals surface area contributed by atoms with Crippen LogP contribution in [0.1, 0.15) is 22.8 Å². The molecule has 2 aromatic rings. The molecule has 0 spiro atoms. The minimum atomic E-state index is -0.438. The fourth-order valence-corrected chi connectivity index (χ4v) is 1.84. The van der Waals surface area contributed by atoms with Gasteiger partial charge in [-0.3, -0.25) is 0 Å². The van der Waals surface area contributed by atoms with Crippen LogP contribution in [0, 0.1) is 6.92 Å². The van der Waals surface area contributed by atoms with Gasteiger partial charge in [0.15, 0.2) is 11.5 Å². The quantitative estimate of drug-likeness (QED) is 0.623. The van der Waals surface area contributed by atoms with Crippen LogP contribution in [0.15, 0.2) is 42.5 Å². The SMILES string of the molecule is CCOc1cc(C)ccc1OC(=O)c1ccc(Cl)cc1. The lowest BCUT2D eigenvalue weighted by Crippen LogP contribution is -2.09. The summed E-state index contributed by atoms with van der Waals surface area (Å²) in [7, 11) is 0. The number of halogens is 1. The molecule has 0 radical (unpaired) electrons. The molecular formula is C16H15ClO3. The van der Waals surface area contributed by atoms with Crippen LogP contribution >= 0.6 is 11.6 Å². The average Bonchev–Trinajstić information content (AvgIpc) is 2.43. The van der Waals surface area contributed by atoms with Crippen molar-refractivity contribution < 1.29 is 14.3 Å². The van der Waals surface area contributed by atoms with Gasteiger partial charge in [0.05, 0.1) is 12.2 Å². The lowest BCUT2D eigenvalue weighted by Gasteiger charge is -2.11. The molecule has 104 valence electrons. The molecule has 0 unspecified atom stereocenters. The molecule has 0 saturated heterocycles. The molecule has 4 heteroatoms. The van der Waals surface area contributed by atoms with Gasteiger partial charge in [-0.2, -0.15) is 0 Å². The lowest BCUT2D eigenvalue weighted by molar-refractivity contribution is 0.0728. The Morgan fingerprint density at radius 3 is 2.45 bits per heavy atom. The van der Waals surface area contributed by atoms with Gasteiger partial charge >= 0.3 is 5.97 Å². The maximum Gasteiger partial charge on any atom is 0.343 e. The van der Waals surface area contributed by atoms with Gasteiger partial charge in [0.1, 0.15) is 0 Å². The van der Waals surface area contributed by atoms with Crippen molar-refractivity contribution in [2.75, 3.05) is 6.61 Å². The highest BCUT2D eigenvalue weighted by molar-refractivity contribution is 6.30. The Morgan fingerprint density at radius 1 is 1.10 bits per heavy atom. The summed E-state index contributed by atoms with van der Waals surface area (Å²) in [4.78, 5) is 12.0. The fourth-order valence-electron chi connectivity index (χ4n) is 1.71. The maximum absolute atomic E-state index is 12.0. The molecule has 0 heterocycles. The number of carbonyl (C=O) groups excluding carboxylic acids is 1. The van der Waals surface area contributed by atoms with Crippen molar-refractivity contribution in [3.8, 4) is 11.5 Å². The molecule has 3 nitrogen and oxygen atoms in total. The van der Waals surface area contributed by atoms with Crippen molar-refractivity contribution in [3.63, 3.8) is 0 Å². The first-order chi connectivity index (χ1) is 9.60. The Hall–Kier alpha value is -2.00. The van der Waals surface area contributed by atoms with E-state index in [2.05, 4.69) is 0 Å². The summed E-state index contributed by atoms with van der Waals surface area (Å²) in [5.74, 6) is 0.540. The lowest BCUT2D eigenvalue weighted by atomic mass is 10.2. The number of aryl methyl sites for hydroxylation is 1. The van der Waals surface area contributed by atoms with Crippen LogP contribution in [-0.2, 0) is 0 Å². The van der Waals surface area contributed by atoms with Gasteiger partial charge in [-0.1, -0.05) is 17.7 Å². The van der Waals surface area contributed by atoms with Crippen LogP contribution < -0.4 is 9.47 Å². The van der Waals surface area contributed by atoms with Crippen LogP contribution in [0.25, 0.3) is 0 Å². The Balaban J connectivity index is 2.21. The Bertz CT molecular complexity index is 606. The number of ether oxygens (including phenoxy) is 2. The van der Waals surface area contributed by atoms with Crippen molar-refractivity contribution in [1.29, 1.82) is 0 Å². The molecule has 0 aliphatic heterocycles. The average molecular weight is 291 g/mol. The summed E-state index contributed by atoms with van der Waals surface area (Å²) in [6.45, 7) is 4.34. The minimum absolute atomic E-state index is 0.414. The molecule has 0 aromatic heterocycles. The molecule has 0 saturated carbocycles. The van der Waals surface area contributed by atoms with E-state index in [4.69, 9.17) is 21.1 Å². The third-order valence-electron chi connectivity index (χ3n) is 2.68. The second kappa shape index (κ2) is 6.44. The largest absolute Gasteiger partial charge is 0.490 e. The van der Waals surface area contributed by atoms with E-state index in [9.17, 15) is 4.79 Å². The predicted molar refractivity (Wildman–Crippen MR) is 78.8 cm³/mol. The summed E-state index contributed by atoms with van der Waals surface area (Å²) in [6, 6.07) is 12.0. The van der Waals surface area contributed by atoms with Gasteiger partial charge < -0.3 is 9.47 Å². The van der Waals surface area contributed by atoms with Crippen LogP contribution in [0.4, 0.5) is 0 Å². The van der Waals surface area contributed by atoms with Crippen LogP contribution in [0.3, 0.4) is 0 Å². The summed E-state index contributed by atoms with van der Waals surface area (Å²) < 4.78 is 10.8. The van der Waals surface area contributed by atoms with E-state index in [0.29, 0.717) is 28.7 Å². The van der Waals surface area contributed by atoms with E-state index in [0.717, 1.165) is 5.56 Å². The van der Waals surface area contributed by atoms with Gasteiger partial charge in [-0.05, 0) is 55.8 Å². The molecule has 2 rings (SSSR count). The number of esters is 1. The van der Waals surface area contributed by atoms with E-state index in [-0.39, 0.29) is 0 Å². The predicted octanol–water partition coefficient (Wildman–Crippen LogP) is 4.27. The van der Waals surface area contributed by atoms with E-state index < -0.39 is 5.97 Å². The van der Waals surface area contributed by atoms with Gasteiger partial charge in [-0.15, -0.1) is 0 Å². The highest BCUT2D eigenvalue weighted by Crippen LogP contribution is 2.29. The molecule has 0 atom stereocenters. The van der Waals surface area contributed by atoms with Crippen molar-refractivity contribution >= 4 is 17.6 Å². The molecule has 2 aromatic carbocycles. The van der Waals surface area contributed by atoms with E-state index in [1.54, 1.807) is 30.3 Å². The van der Waals surface area contributed by atoms with Gasteiger partial charge in [0.25, 0.3) is 0 Å². The van der Waals surface area contributed by atoms with Gasteiger partial charge in [0.2, 0.25) is 0 Å². The Morgan fingerprint density at radius 2 is 1.80 bits per heavy atom. The Kier molecular flexibility index (Phi) is 4.64. The summed E-state index contributed by atoms with van der Waals surface area (Å²) in [5, 5.41) is 0.576. The first-order valence-corrected chi connectivity index (χ1v) is 6.69. The van der Waals surface area contributed by atoms with E-state index in [1.807, 2.05) is 26.0 Å². The van der Waals surface area contributed by atoms with Crippen LogP contribution in [0.2, 0.25) is 5.02 Å². The van der Waals surface area contributed by atoms with E-state index >= 15 is 0 Å². The zero-order chi connectivity index (χ0) is 14.5. The second-order valence-corrected chi connectivity index (χ2v) is 4.72. The van der Waals surface area contributed by atoms with Crippen molar-refractivity contribution in [3.05, 3.63) is 58.6 Å². The first-order valence-electron chi connectivity index (χ1n) is 6.31. The molecule has 0 aliphatic carbocycles. The van der Waals surface area contributed by atoms with Gasteiger partial charge in [0, 0.05) is 5.02 Å². The number of benzene rings is 2. The summed E-state index contributed by atoms with van der Waals surface area (Å²) in [6.07, 6.45) is 0. The summed E-state index contributed by atoms with van der Waals surface area (Å²) in [5.41, 5.74) is 1.48. The number of rotatable bonds is 4. The van der Waals surface area contributed by atoms with Gasteiger partial charge in [-0.25, -0.2) is 4.79 Å². The minimum Gasteiger partial charge on any atom is -0.490 e.